The fraction of sp³-hybridized carbons (Fsp3) is 0.273. The Kier molecular flexibility index (Phi) is 9.13. The van der Waals surface area contributed by atoms with Gasteiger partial charge in [-0.1, -0.05) is 63.8 Å². The zero-order valence-corrected chi connectivity index (χ0v) is 25.5. The van der Waals surface area contributed by atoms with Crippen LogP contribution in [0.15, 0.2) is 29.6 Å². The second-order valence-electron chi connectivity index (χ2n) is 10.7. The van der Waals surface area contributed by atoms with Gasteiger partial charge in [0.15, 0.2) is 0 Å². The van der Waals surface area contributed by atoms with E-state index in [4.69, 9.17) is 20.3 Å². The summed E-state index contributed by atoms with van der Waals surface area (Å²) in [6, 6.07) is 0. The minimum atomic E-state index is -0.916. The van der Waals surface area contributed by atoms with E-state index in [0.29, 0.717) is 44.0 Å². The second-order valence-corrected chi connectivity index (χ2v) is 10.7. The molecular weight excluding hydrogens is 588 g/mol. The van der Waals surface area contributed by atoms with Gasteiger partial charge in [-0.25, -0.2) is 0 Å². The molecule has 3 aromatic rings. The Morgan fingerprint density at radius 3 is 2.05 bits per heavy atom. The first-order valence-corrected chi connectivity index (χ1v) is 13.7. The summed E-state index contributed by atoms with van der Waals surface area (Å²) in [5.41, 5.74) is 8.38. The van der Waals surface area contributed by atoms with Gasteiger partial charge in [-0.15, -0.1) is 51.1 Å². The van der Waals surface area contributed by atoms with Gasteiger partial charge in [-0.2, -0.15) is 0 Å². The van der Waals surface area contributed by atoms with Gasteiger partial charge in [-0.3, -0.25) is 9.59 Å². The van der Waals surface area contributed by atoms with Crippen molar-refractivity contribution in [3.05, 3.63) is 101 Å². The van der Waals surface area contributed by atoms with Gasteiger partial charge in [0.05, 0.1) is 6.26 Å². The molecule has 8 bridgehead atoms. The summed E-state index contributed by atoms with van der Waals surface area (Å²) in [7, 11) is 0. The van der Waals surface area contributed by atoms with Crippen LogP contribution in [0.4, 0.5) is 0 Å². The van der Waals surface area contributed by atoms with E-state index >= 15 is 0 Å². The number of aliphatic carboxylic acids is 2. The van der Waals surface area contributed by atoms with Crippen LogP contribution >= 0.6 is 0 Å². The van der Waals surface area contributed by atoms with Gasteiger partial charge in [0.2, 0.25) is 0 Å². The molecule has 5 heterocycles. The van der Waals surface area contributed by atoms with Crippen molar-refractivity contribution < 1.29 is 42.0 Å². The first kappa shape index (κ1) is 31.5. The van der Waals surface area contributed by atoms with E-state index < -0.39 is 11.9 Å². The van der Waals surface area contributed by atoms with Crippen molar-refractivity contribution in [2.75, 3.05) is 0 Å². The molecule has 9 nitrogen and oxygen atoms in total. The number of fused-ring (bicyclic) bond motifs is 8. The van der Waals surface area contributed by atoms with Gasteiger partial charge in [0, 0.05) is 18.8 Å². The van der Waals surface area contributed by atoms with Crippen LogP contribution in [0.2, 0.25) is 0 Å². The molecule has 10 heteroatoms. The number of aliphatic hydroxyl groups is 1. The minimum absolute atomic E-state index is 0. The molecule has 43 heavy (non-hydrogen) atoms. The van der Waals surface area contributed by atoms with Crippen LogP contribution < -0.4 is 36.2 Å². The number of aromatic nitrogens is 3. The van der Waals surface area contributed by atoms with Crippen molar-refractivity contribution in [1.82, 2.24) is 15.0 Å². The van der Waals surface area contributed by atoms with Crippen molar-refractivity contribution in [3.63, 3.8) is 0 Å². The molecule has 222 valence electrons. The van der Waals surface area contributed by atoms with Gasteiger partial charge >= 0.3 is 29.0 Å². The molecule has 3 aromatic heterocycles. The Bertz CT molecular complexity index is 1950. The third kappa shape index (κ3) is 5.94. The minimum Gasteiger partial charge on any atom is -0.661 e. The molecule has 3 N–H and O–H groups in total. The molecule has 0 spiro atoms. The van der Waals surface area contributed by atoms with E-state index in [2.05, 4.69) is 6.58 Å². The molecule has 2 aliphatic rings. The molecule has 0 amide bonds. The number of hydrogen-bond donors (Lipinski definition) is 3. The number of hydrogen-bond acceptors (Lipinski definition) is 3. The molecule has 0 unspecified atom stereocenters. The number of carboxylic acid groups (broad SMARTS) is 2. The number of rotatable bonds is 7. The van der Waals surface area contributed by atoms with Crippen molar-refractivity contribution in [2.45, 2.75) is 53.4 Å². The molecule has 0 saturated heterocycles. The monoisotopic (exact) mass is 620 g/mol. The van der Waals surface area contributed by atoms with Crippen LogP contribution in [0.5, 0.6) is 0 Å². The third-order valence-corrected chi connectivity index (χ3v) is 8.17. The normalized spacial score (nSPS) is 19.5. The summed E-state index contributed by atoms with van der Waals surface area (Å²) in [4.78, 5) is 37.6. The van der Waals surface area contributed by atoms with E-state index in [1.165, 1.54) is 0 Å². The van der Waals surface area contributed by atoms with E-state index in [9.17, 15) is 24.9 Å². The zero-order valence-electron chi connectivity index (χ0n) is 24.4. The Balaban J connectivity index is 0.00000423. The average molecular weight is 620 g/mol. The molecule has 5 rings (SSSR count). The van der Waals surface area contributed by atoms with Crippen LogP contribution in [-0.4, -0.2) is 27.3 Å². The maximum Gasteiger partial charge on any atom is 4.00 e. The van der Waals surface area contributed by atoms with E-state index in [0.717, 1.165) is 45.3 Å². The number of carbonyl (C=O) groups is 2. The molecule has 0 radical (unpaired) electrons. The maximum absolute atomic E-state index is 11.5. The zero-order chi connectivity index (χ0) is 30.3. The molecule has 1 atom stereocenters. The molecule has 0 fully saturated rings. The van der Waals surface area contributed by atoms with Crippen molar-refractivity contribution in [1.29, 1.82) is 0 Å². The topological polar surface area (TPSA) is 151 Å². The molecule has 2 aliphatic heterocycles. The summed E-state index contributed by atoms with van der Waals surface area (Å²) in [5.74, 6) is -1.98. The number of nitrogens with zero attached hydrogens (tertiary/aromatic N) is 4. The van der Waals surface area contributed by atoms with E-state index in [-0.39, 0.29) is 48.7 Å². The van der Waals surface area contributed by atoms with Crippen LogP contribution in [0.1, 0.15) is 64.7 Å². The van der Waals surface area contributed by atoms with Crippen molar-refractivity contribution >= 4 is 42.5 Å². The van der Waals surface area contributed by atoms with E-state index in [1.54, 1.807) is 0 Å². The smallest absolute Gasteiger partial charge is 0.661 e. The van der Waals surface area contributed by atoms with Crippen LogP contribution in [0.25, 0.3) is 35.9 Å². The second kappa shape index (κ2) is 12.5. The summed E-state index contributed by atoms with van der Waals surface area (Å²) < 4.78 is 0. The van der Waals surface area contributed by atoms with E-state index in [1.807, 2.05) is 58.1 Å². The Labute approximate surface area is 259 Å². The number of allylic oxidation sites excluding steroid dienone is 2. The van der Waals surface area contributed by atoms with Gasteiger partial charge in [0.25, 0.3) is 0 Å². The predicted molar refractivity (Wildman–Crippen MR) is 160 cm³/mol. The molecule has 0 aromatic carbocycles. The summed E-state index contributed by atoms with van der Waals surface area (Å²) in [6.45, 7) is 11.7. The Morgan fingerprint density at radius 1 is 0.791 bits per heavy atom. The fourth-order valence-electron chi connectivity index (χ4n) is 5.66. The maximum atomic E-state index is 11.5. The third-order valence-electron chi connectivity index (χ3n) is 8.17. The first-order valence-electron chi connectivity index (χ1n) is 13.7. The summed E-state index contributed by atoms with van der Waals surface area (Å²) in [5, 5.41) is 36.2. The summed E-state index contributed by atoms with van der Waals surface area (Å²) >= 11 is 0. The van der Waals surface area contributed by atoms with Crippen LogP contribution in [0.3, 0.4) is 0 Å². The largest absolute Gasteiger partial charge is 4.00 e. The molecular formula is C33H32FeN4O5. The Morgan fingerprint density at radius 2 is 1.42 bits per heavy atom. The van der Waals surface area contributed by atoms with Gasteiger partial charge < -0.3 is 35.6 Å². The predicted octanol–water partition coefficient (Wildman–Crippen LogP) is 2.07. The van der Waals surface area contributed by atoms with Crippen LogP contribution in [-0.2, 0) is 39.5 Å². The SMILES string of the molecule is C=C[C@@H]1C(C)=C2/C=c3\[n-]c(c(C)\c3=C\O)/C=c3\[n-]/c(c(CCC(=O)O)c3C)=C\c3[n-]c(c(C)c3CCC(=O)O)/C=C/1[N-]2.[Fe+4]. The van der Waals surface area contributed by atoms with Gasteiger partial charge in [0.1, 0.15) is 0 Å². The van der Waals surface area contributed by atoms with Gasteiger partial charge in [-0.05, 0) is 45.8 Å². The molecule has 0 aliphatic carbocycles. The summed E-state index contributed by atoms with van der Waals surface area (Å²) in [6.07, 6.45) is 10.7. The Hall–Kier alpha value is -4.40. The molecule has 0 saturated carbocycles. The first-order chi connectivity index (χ1) is 20.0. The van der Waals surface area contributed by atoms with Crippen LogP contribution in [0, 0.1) is 26.7 Å². The number of aliphatic hydroxyl groups excluding tert-OH is 1. The van der Waals surface area contributed by atoms with Crippen molar-refractivity contribution in [3.8, 4) is 0 Å². The fourth-order valence-corrected chi connectivity index (χ4v) is 5.66. The number of carboxylic acids is 2. The standard InChI is InChI=1S/C33H32N4O5.Fe/c1-6-20-16(2)26-13-31-23(15-38)19(5)25(37-31)11-24-17(3)21(7-9-32(39)40)29(35-24)14-30-22(8-10-33(41)42)18(4)27(36-30)12-28(20)34-26;/h6,11-15,20,38H,1,7-10H2,2-5H3,(H,39,40)(H,41,42);/q-4;+4/b23-15-,24-11-,28-12-,29-14-,31-13-;/t20-;/m1./s1. The van der Waals surface area contributed by atoms with Crippen molar-refractivity contribution in [2.24, 2.45) is 5.92 Å². The average Bonchev–Trinajstić information content (AvgIpc) is 3.59. The quantitative estimate of drug-likeness (QED) is 0.268.